The number of sulfonamides is 1. The molecule has 0 amide bonds. The fourth-order valence-corrected chi connectivity index (χ4v) is 4.16. The number of carboxylic acid groups (broad SMARTS) is 1. The molecule has 0 aromatic heterocycles. The topological polar surface area (TPSA) is 83.5 Å². The highest BCUT2D eigenvalue weighted by atomic mass is 35.5. The Morgan fingerprint density at radius 1 is 1.32 bits per heavy atom. The maximum Gasteiger partial charge on any atom is 0.321 e. The van der Waals surface area contributed by atoms with Gasteiger partial charge in [-0.25, -0.2) is 8.42 Å². The first-order chi connectivity index (χ1) is 8.69. The second-order valence-corrected chi connectivity index (χ2v) is 6.52. The van der Waals surface area contributed by atoms with Gasteiger partial charge >= 0.3 is 5.97 Å². The number of hydrogen-bond donors (Lipinski definition) is 2. The van der Waals surface area contributed by atoms with Gasteiger partial charge in [-0.3, -0.25) is 4.79 Å². The minimum absolute atomic E-state index is 0.0807. The molecule has 0 radical (unpaired) electrons. The summed E-state index contributed by atoms with van der Waals surface area (Å²) in [4.78, 5) is 10.5. The molecule has 106 valence electrons. The van der Waals surface area contributed by atoms with Crippen molar-refractivity contribution in [1.29, 1.82) is 0 Å². The van der Waals surface area contributed by atoms with Crippen molar-refractivity contribution in [2.24, 2.45) is 0 Å². The van der Waals surface area contributed by atoms with E-state index in [2.05, 4.69) is 0 Å². The van der Waals surface area contributed by atoms with Crippen molar-refractivity contribution in [3.05, 3.63) is 27.2 Å². The first kappa shape index (κ1) is 16.5. The maximum atomic E-state index is 12.1. The van der Waals surface area contributed by atoms with Crippen molar-refractivity contribution in [3.63, 3.8) is 0 Å². The van der Waals surface area contributed by atoms with E-state index in [0.717, 1.165) is 0 Å². The predicted octanol–water partition coefficient (Wildman–Crippen LogP) is 2.79. The summed E-state index contributed by atoms with van der Waals surface area (Å²) in [6.45, 7) is 1.53. The molecule has 0 aliphatic rings. The Kier molecular flexibility index (Phi) is 5.46. The Balaban J connectivity index is 3.25. The molecule has 0 fully saturated rings. The summed E-state index contributed by atoms with van der Waals surface area (Å²) >= 11 is 17.3. The number of hydrogen-bond acceptors (Lipinski definition) is 3. The van der Waals surface area contributed by atoms with Gasteiger partial charge in [0.2, 0.25) is 10.0 Å². The number of carbonyl (C=O) groups is 1. The number of benzene rings is 1. The van der Waals surface area contributed by atoms with Crippen LogP contribution in [0.15, 0.2) is 17.0 Å². The van der Waals surface area contributed by atoms with Crippen molar-refractivity contribution >= 4 is 50.8 Å². The van der Waals surface area contributed by atoms with Gasteiger partial charge in [0, 0.05) is 5.02 Å². The van der Waals surface area contributed by atoms with Crippen LogP contribution in [0.4, 0.5) is 0 Å². The smallest absolute Gasteiger partial charge is 0.321 e. The molecule has 1 rings (SSSR count). The lowest BCUT2D eigenvalue weighted by Gasteiger charge is -2.14. The van der Waals surface area contributed by atoms with Crippen molar-refractivity contribution in [2.75, 3.05) is 0 Å². The molecule has 0 aliphatic carbocycles. The van der Waals surface area contributed by atoms with Gasteiger partial charge in [-0.1, -0.05) is 41.7 Å². The zero-order chi connectivity index (χ0) is 14.8. The highest BCUT2D eigenvalue weighted by Gasteiger charge is 2.28. The third-order valence-electron chi connectivity index (χ3n) is 2.24. The lowest BCUT2D eigenvalue weighted by molar-refractivity contribution is -0.139. The summed E-state index contributed by atoms with van der Waals surface area (Å²) in [7, 11) is -4.15. The van der Waals surface area contributed by atoms with E-state index in [4.69, 9.17) is 39.9 Å². The number of aliphatic carboxylic acids is 1. The lowest BCUT2D eigenvalue weighted by Crippen LogP contribution is -2.40. The van der Waals surface area contributed by atoms with Crippen LogP contribution in [0, 0.1) is 0 Å². The molecule has 0 unspecified atom stereocenters. The molecule has 0 bridgehead atoms. The van der Waals surface area contributed by atoms with E-state index >= 15 is 0 Å². The zero-order valence-electron chi connectivity index (χ0n) is 9.65. The molecule has 0 spiro atoms. The van der Waals surface area contributed by atoms with E-state index in [1.807, 2.05) is 4.72 Å². The van der Waals surface area contributed by atoms with Crippen molar-refractivity contribution < 1.29 is 18.3 Å². The Morgan fingerprint density at radius 2 is 1.79 bits per heavy atom. The van der Waals surface area contributed by atoms with Gasteiger partial charge < -0.3 is 5.11 Å². The summed E-state index contributed by atoms with van der Waals surface area (Å²) in [5, 5.41) is 8.68. The van der Waals surface area contributed by atoms with Crippen LogP contribution < -0.4 is 4.72 Å². The minimum Gasteiger partial charge on any atom is -0.480 e. The quantitative estimate of drug-likeness (QED) is 0.858. The van der Waals surface area contributed by atoms with Crippen LogP contribution in [0.5, 0.6) is 0 Å². The minimum atomic E-state index is -4.15. The molecule has 0 saturated heterocycles. The van der Waals surface area contributed by atoms with Crippen molar-refractivity contribution in [2.45, 2.75) is 24.3 Å². The molecule has 0 heterocycles. The molecule has 0 saturated carbocycles. The molecular weight excluding hydrogens is 337 g/mol. The Hall–Kier alpha value is -0.530. The first-order valence-corrected chi connectivity index (χ1v) is 7.70. The van der Waals surface area contributed by atoms with E-state index in [9.17, 15) is 13.2 Å². The van der Waals surface area contributed by atoms with Crippen molar-refractivity contribution in [3.8, 4) is 0 Å². The van der Waals surface area contributed by atoms with Crippen LogP contribution in [-0.4, -0.2) is 25.5 Å². The molecule has 1 aromatic rings. The lowest BCUT2D eigenvalue weighted by atomic mass is 10.2. The van der Waals surface area contributed by atoms with E-state index in [-0.39, 0.29) is 26.4 Å². The number of nitrogens with one attached hydrogen (secondary N) is 1. The second-order valence-electron chi connectivity index (χ2n) is 3.62. The molecule has 2 N–H and O–H groups in total. The van der Waals surface area contributed by atoms with Crippen LogP contribution in [-0.2, 0) is 14.8 Å². The highest BCUT2D eigenvalue weighted by Crippen LogP contribution is 2.32. The number of halogens is 3. The summed E-state index contributed by atoms with van der Waals surface area (Å²) < 4.78 is 26.2. The van der Waals surface area contributed by atoms with Crippen LogP contribution in [0.2, 0.25) is 15.1 Å². The summed E-state index contributed by atoms with van der Waals surface area (Å²) in [5.41, 5.74) is 0. The van der Waals surface area contributed by atoms with Gasteiger partial charge in [-0.2, -0.15) is 4.72 Å². The van der Waals surface area contributed by atoms with Gasteiger partial charge in [0.15, 0.2) is 0 Å². The van der Waals surface area contributed by atoms with E-state index in [1.54, 1.807) is 0 Å². The van der Waals surface area contributed by atoms with E-state index in [0.29, 0.717) is 0 Å². The Bertz CT molecular complexity index is 580. The van der Waals surface area contributed by atoms with Gasteiger partial charge in [-0.05, 0) is 18.6 Å². The van der Waals surface area contributed by atoms with Gasteiger partial charge in [0.05, 0.1) is 10.0 Å². The van der Waals surface area contributed by atoms with E-state index < -0.39 is 22.0 Å². The Morgan fingerprint density at radius 3 is 2.16 bits per heavy atom. The fraction of sp³-hybridized carbons (Fsp3) is 0.300. The fourth-order valence-electron chi connectivity index (χ4n) is 1.34. The molecule has 1 aromatic carbocycles. The monoisotopic (exact) mass is 345 g/mol. The maximum absolute atomic E-state index is 12.1. The molecular formula is C10H10Cl3NO4S. The third-order valence-corrected chi connectivity index (χ3v) is 4.85. The van der Waals surface area contributed by atoms with Gasteiger partial charge in [-0.15, -0.1) is 0 Å². The van der Waals surface area contributed by atoms with Gasteiger partial charge in [0.1, 0.15) is 10.9 Å². The summed E-state index contributed by atoms with van der Waals surface area (Å²) in [5.74, 6) is -1.28. The average molecular weight is 347 g/mol. The first-order valence-electron chi connectivity index (χ1n) is 5.08. The number of carboxylic acids is 1. The molecule has 0 aliphatic heterocycles. The molecule has 1 atom stereocenters. The third kappa shape index (κ3) is 3.97. The average Bonchev–Trinajstić information content (AvgIpc) is 2.23. The van der Waals surface area contributed by atoms with Crippen LogP contribution in [0.25, 0.3) is 0 Å². The largest absolute Gasteiger partial charge is 0.480 e. The zero-order valence-corrected chi connectivity index (χ0v) is 12.7. The van der Waals surface area contributed by atoms with Gasteiger partial charge in [0.25, 0.3) is 0 Å². The van der Waals surface area contributed by atoms with Crippen LogP contribution in [0.1, 0.15) is 13.3 Å². The SMILES string of the molecule is CC[C@H](NS(=O)(=O)c1c(Cl)cc(Cl)cc1Cl)C(=O)O. The standard InChI is InChI=1S/C10H10Cl3NO4S/c1-2-8(10(15)16)14-19(17,18)9-6(12)3-5(11)4-7(9)13/h3-4,8,14H,2H2,1H3,(H,15,16)/t8-/m0/s1. The second kappa shape index (κ2) is 6.28. The molecule has 9 heteroatoms. The summed E-state index contributed by atoms with van der Waals surface area (Å²) in [6.07, 6.45) is 0.0807. The van der Waals surface area contributed by atoms with E-state index in [1.165, 1.54) is 19.1 Å². The summed E-state index contributed by atoms with van der Waals surface area (Å²) in [6, 6.07) is 1.17. The molecule has 19 heavy (non-hydrogen) atoms. The van der Waals surface area contributed by atoms with Crippen LogP contribution in [0.3, 0.4) is 0 Å². The number of rotatable bonds is 5. The highest BCUT2D eigenvalue weighted by molar-refractivity contribution is 7.89. The normalized spacial score (nSPS) is 13.3. The Labute approximate surface area is 125 Å². The predicted molar refractivity (Wildman–Crippen MR) is 73.5 cm³/mol. The molecule has 5 nitrogen and oxygen atoms in total. The van der Waals surface area contributed by atoms with Crippen molar-refractivity contribution in [1.82, 2.24) is 4.72 Å². The van der Waals surface area contributed by atoms with Crippen LogP contribution >= 0.6 is 34.8 Å².